The van der Waals surface area contributed by atoms with Gasteiger partial charge in [-0.1, -0.05) is 0 Å². The van der Waals surface area contributed by atoms with E-state index in [-0.39, 0.29) is 11.9 Å². The minimum Gasteiger partial charge on any atom is -0.465 e. The maximum atomic E-state index is 11.5. The molecule has 0 aromatic rings. The zero-order valence-corrected chi connectivity index (χ0v) is 9.57. The van der Waals surface area contributed by atoms with Crippen LogP contribution in [0.2, 0.25) is 0 Å². The lowest BCUT2D eigenvalue weighted by Gasteiger charge is -2.38. The summed E-state index contributed by atoms with van der Waals surface area (Å²) >= 11 is 0. The van der Waals surface area contributed by atoms with Gasteiger partial charge in [-0.2, -0.15) is 0 Å². The number of carbonyl (C=O) groups is 1. The van der Waals surface area contributed by atoms with Gasteiger partial charge in [0.05, 0.1) is 24.7 Å². The van der Waals surface area contributed by atoms with Crippen LogP contribution >= 0.6 is 0 Å². The number of rotatable bonds is 2. The average Bonchev–Trinajstić information content (AvgIpc) is 2.17. The molecule has 15 heavy (non-hydrogen) atoms. The van der Waals surface area contributed by atoms with Gasteiger partial charge in [-0.3, -0.25) is 4.79 Å². The number of hydrogen-bond acceptors (Lipinski definition) is 3. The van der Waals surface area contributed by atoms with Crippen molar-refractivity contribution >= 4 is 5.97 Å². The molecule has 3 heteroatoms. The zero-order valence-electron chi connectivity index (χ0n) is 9.57. The van der Waals surface area contributed by atoms with E-state index in [2.05, 4.69) is 13.8 Å². The molecular formula is C12H20O3. The number of hydrogen-bond donors (Lipinski definition) is 0. The van der Waals surface area contributed by atoms with Crippen molar-refractivity contribution in [3.8, 4) is 0 Å². The van der Waals surface area contributed by atoms with E-state index in [0.717, 1.165) is 25.7 Å². The smallest absolute Gasteiger partial charge is 0.309 e. The zero-order chi connectivity index (χ0) is 10.8. The largest absolute Gasteiger partial charge is 0.465 e. The summed E-state index contributed by atoms with van der Waals surface area (Å²) in [5.41, 5.74) is 0. The molecule has 1 aliphatic heterocycles. The standard InChI is InChI=1S/C12H20O3/c1-8(2)15-10-3-4-11-9(7-10)5-6-14-12(11)13/h8-11H,3-7H2,1-2H3/t9-,10+,11?/m1/s1. The van der Waals surface area contributed by atoms with Crippen molar-refractivity contribution in [2.75, 3.05) is 6.61 Å². The summed E-state index contributed by atoms with van der Waals surface area (Å²) in [5.74, 6) is 0.684. The van der Waals surface area contributed by atoms with Crippen molar-refractivity contribution in [1.29, 1.82) is 0 Å². The molecule has 0 bridgehead atoms. The van der Waals surface area contributed by atoms with Crippen LogP contribution in [0.3, 0.4) is 0 Å². The fourth-order valence-electron chi connectivity index (χ4n) is 2.78. The Morgan fingerprint density at radius 2 is 2.13 bits per heavy atom. The lowest BCUT2D eigenvalue weighted by Crippen LogP contribution is -2.39. The summed E-state index contributed by atoms with van der Waals surface area (Å²) in [5, 5.41) is 0. The Morgan fingerprint density at radius 3 is 2.87 bits per heavy atom. The van der Waals surface area contributed by atoms with E-state index < -0.39 is 0 Å². The third-order valence-corrected chi connectivity index (χ3v) is 3.43. The number of ether oxygens (including phenoxy) is 2. The second kappa shape index (κ2) is 4.52. The van der Waals surface area contributed by atoms with Crippen molar-refractivity contribution in [3.05, 3.63) is 0 Å². The molecular weight excluding hydrogens is 192 g/mol. The van der Waals surface area contributed by atoms with Crippen LogP contribution in [0, 0.1) is 11.8 Å². The van der Waals surface area contributed by atoms with Crippen LogP contribution < -0.4 is 0 Å². The maximum Gasteiger partial charge on any atom is 0.309 e. The van der Waals surface area contributed by atoms with Crippen LogP contribution in [0.15, 0.2) is 0 Å². The van der Waals surface area contributed by atoms with Crippen LogP contribution in [0.25, 0.3) is 0 Å². The molecule has 1 aliphatic carbocycles. The van der Waals surface area contributed by atoms with Gasteiger partial charge in [0, 0.05) is 0 Å². The molecule has 1 saturated carbocycles. The molecule has 0 N–H and O–H groups in total. The van der Waals surface area contributed by atoms with Crippen LogP contribution in [0.5, 0.6) is 0 Å². The predicted molar refractivity (Wildman–Crippen MR) is 56.4 cm³/mol. The Morgan fingerprint density at radius 1 is 1.33 bits per heavy atom. The van der Waals surface area contributed by atoms with Crippen molar-refractivity contribution in [2.24, 2.45) is 11.8 Å². The summed E-state index contributed by atoms with van der Waals surface area (Å²) in [7, 11) is 0. The van der Waals surface area contributed by atoms with Gasteiger partial charge in [-0.25, -0.2) is 0 Å². The number of carbonyl (C=O) groups excluding carboxylic acids is 1. The highest BCUT2D eigenvalue weighted by atomic mass is 16.5. The van der Waals surface area contributed by atoms with E-state index in [4.69, 9.17) is 9.47 Å². The molecule has 2 rings (SSSR count). The molecule has 0 aromatic heterocycles. The Labute approximate surface area is 91.1 Å². The highest BCUT2D eigenvalue weighted by Gasteiger charge is 2.38. The van der Waals surface area contributed by atoms with Crippen LogP contribution in [-0.4, -0.2) is 24.8 Å². The van der Waals surface area contributed by atoms with Crippen molar-refractivity contribution in [2.45, 2.75) is 51.7 Å². The van der Waals surface area contributed by atoms with E-state index in [1.165, 1.54) is 0 Å². The van der Waals surface area contributed by atoms with Crippen molar-refractivity contribution < 1.29 is 14.3 Å². The molecule has 1 heterocycles. The fourth-order valence-corrected chi connectivity index (χ4v) is 2.78. The summed E-state index contributed by atoms with van der Waals surface area (Å²) < 4.78 is 10.9. The van der Waals surface area contributed by atoms with Gasteiger partial charge in [0.15, 0.2) is 0 Å². The van der Waals surface area contributed by atoms with Crippen LogP contribution in [0.4, 0.5) is 0 Å². The van der Waals surface area contributed by atoms with E-state index in [9.17, 15) is 4.79 Å². The first kappa shape index (κ1) is 10.9. The van der Waals surface area contributed by atoms with Crippen LogP contribution in [0.1, 0.15) is 39.5 Å². The van der Waals surface area contributed by atoms with Gasteiger partial charge in [0.25, 0.3) is 0 Å². The first-order valence-corrected chi connectivity index (χ1v) is 5.99. The lowest BCUT2D eigenvalue weighted by atomic mass is 9.75. The Bertz CT molecular complexity index is 237. The molecule has 0 radical (unpaired) electrons. The molecule has 0 aromatic carbocycles. The second-order valence-corrected chi connectivity index (χ2v) is 4.94. The van der Waals surface area contributed by atoms with E-state index in [0.29, 0.717) is 24.7 Å². The molecule has 1 saturated heterocycles. The quantitative estimate of drug-likeness (QED) is 0.658. The maximum absolute atomic E-state index is 11.5. The van der Waals surface area contributed by atoms with Gasteiger partial charge < -0.3 is 9.47 Å². The average molecular weight is 212 g/mol. The number of esters is 1. The van der Waals surface area contributed by atoms with E-state index in [1.807, 2.05) is 0 Å². The Kier molecular flexibility index (Phi) is 3.29. The van der Waals surface area contributed by atoms with Gasteiger partial charge in [0.1, 0.15) is 0 Å². The summed E-state index contributed by atoms with van der Waals surface area (Å²) in [4.78, 5) is 11.5. The van der Waals surface area contributed by atoms with Crippen molar-refractivity contribution in [1.82, 2.24) is 0 Å². The number of cyclic esters (lactones) is 1. The molecule has 1 unspecified atom stereocenters. The lowest BCUT2D eigenvalue weighted by molar-refractivity contribution is -0.161. The van der Waals surface area contributed by atoms with E-state index in [1.54, 1.807) is 0 Å². The van der Waals surface area contributed by atoms with Gasteiger partial charge in [0.2, 0.25) is 0 Å². The van der Waals surface area contributed by atoms with Gasteiger partial charge >= 0.3 is 5.97 Å². The van der Waals surface area contributed by atoms with Crippen molar-refractivity contribution in [3.63, 3.8) is 0 Å². The third-order valence-electron chi connectivity index (χ3n) is 3.43. The summed E-state index contributed by atoms with van der Waals surface area (Å²) in [6.07, 6.45) is 4.67. The molecule has 0 spiro atoms. The molecule has 2 aliphatic rings. The molecule has 3 atom stereocenters. The normalized spacial score (nSPS) is 36.2. The molecule has 2 fully saturated rings. The topological polar surface area (TPSA) is 35.5 Å². The SMILES string of the molecule is CC(C)O[C@H]1CCC2C(=O)OCC[C@@H]2C1. The van der Waals surface area contributed by atoms with Gasteiger partial charge in [-0.15, -0.1) is 0 Å². The van der Waals surface area contributed by atoms with Crippen LogP contribution in [-0.2, 0) is 14.3 Å². The highest BCUT2D eigenvalue weighted by Crippen LogP contribution is 2.37. The molecule has 3 nitrogen and oxygen atoms in total. The first-order valence-electron chi connectivity index (χ1n) is 5.99. The minimum atomic E-state index is 0.0225. The Balaban J connectivity index is 1.91. The van der Waals surface area contributed by atoms with E-state index >= 15 is 0 Å². The first-order chi connectivity index (χ1) is 7.16. The van der Waals surface area contributed by atoms with Gasteiger partial charge in [-0.05, 0) is 45.4 Å². The minimum absolute atomic E-state index is 0.0225. The third kappa shape index (κ3) is 2.51. The molecule has 86 valence electrons. The predicted octanol–water partition coefficient (Wildman–Crippen LogP) is 2.14. The molecule has 0 amide bonds. The summed E-state index contributed by atoms with van der Waals surface area (Å²) in [6.45, 7) is 4.75. The highest BCUT2D eigenvalue weighted by molar-refractivity contribution is 5.73. The number of fused-ring (bicyclic) bond motifs is 1. The second-order valence-electron chi connectivity index (χ2n) is 4.94. The monoisotopic (exact) mass is 212 g/mol. The fraction of sp³-hybridized carbons (Fsp3) is 0.917. The summed E-state index contributed by atoms with van der Waals surface area (Å²) in [6, 6.07) is 0. The Hall–Kier alpha value is -0.570.